The van der Waals surface area contributed by atoms with Crippen molar-refractivity contribution in [2.75, 3.05) is 27.2 Å². The second kappa shape index (κ2) is 12.8. The molecule has 1 unspecified atom stereocenters. The molecule has 0 radical (unpaired) electrons. The molecule has 39 heavy (non-hydrogen) atoms. The number of para-hydroxylation sites is 1. The van der Waals surface area contributed by atoms with Gasteiger partial charge in [-0.2, -0.15) is 0 Å². The van der Waals surface area contributed by atoms with E-state index in [0.29, 0.717) is 41.1 Å². The van der Waals surface area contributed by atoms with Crippen LogP contribution in [0.25, 0.3) is 16.6 Å². The van der Waals surface area contributed by atoms with Gasteiger partial charge in [-0.05, 0) is 88.0 Å². The van der Waals surface area contributed by atoms with Gasteiger partial charge in [-0.25, -0.2) is 9.37 Å². The van der Waals surface area contributed by atoms with Crippen molar-refractivity contribution in [3.63, 3.8) is 0 Å². The minimum Gasteiger partial charge on any atom is -0.327 e. The average molecular weight is 529 g/mol. The van der Waals surface area contributed by atoms with Crippen LogP contribution in [0.2, 0.25) is 0 Å². The second-order valence-corrected chi connectivity index (χ2v) is 10.2. The molecule has 0 aliphatic rings. The van der Waals surface area contributed by atoms with Gasteiger partial charge in [0.1, 0.15) is 11.6 Å². The largest absolute Gasteiger partial charge is 0.327 e. The van der Waals surface area contributed by atoms with Crippen molar-refractivity contribution in [2.45, 2.75) is 45.6 Å². The summed E-state index contributed by atoms with van der Waals surface area (Å²) >= 11 is 0. The molecule has 0 aliphatic heterocycles. The number of carbonyl (C=O) groups excluding carboxylic acids is 1. The molecule has 7 heteroatoms. The van der Waals surface area contributed by atoms with E-state index in [9.17, 15) is 14.0 Å². The van der Waals surface area contributed by atoms with Crippen LogP contribution in [0.5, 0.6) is 0 Å². The van der Waals surface area contributed by atoms with E-state index in [4.69, 9.17) is 4.98 Å². The van der Waals surface area contributed by atoms with E-state index in [-0.39, 0.29) is 11.5 Å². The highest BCUT2D eigenvalue weighted by atomic mass is 19.1. The van der Waals surface area contributed by atoms with Crippen molar-refractivity contribution in [1.29, 1.82) is 0 Å². The molecule has 1 amide bonds. The Morgan fingerprint density at radius 1 is 0.949 bits per heavy atom. The number of nitrogens with zero attached hydrogens (tertiary/aromatic N) is 4. The summed E-state index contributed by atoms with van der Waals surface area (Å²) in [5.41, 5.74) is 2.60. The molecular weight excluding hydrogens is 491 g/mol. The number of fused-ring (bicyclic) bond motifs is 1. The Labute approximate surface area is 229 Å². The summed E-state index contributed by atoms with van der Waals surface area (Å²) in [4.78, 5) is 36.3. The first-order valence-electron chi connectivity index (χ1n) is 13.6. The zero-order valence-electron chi connectivity index (χ0n) is 23.2. The van der Waals surface area contributed by atoms with Crippen molar-refractivity contribution in [3.8, 4) is 5.69 Å². The summed E-state index contributed by atoms with van der Waals surface area (Å²) in [5.74, 6) is -0.0952. The van der Waals surface area contributed by atoms with E-state index in [1.807, 2.05) is 56.3 Å². The van der Waals surface area contributed by atoms with Crippen LogP contribution in [0.4, 0.5) is 4.39 Å². The van der Waals surface area contributed by atoms with Crippen LogP contribution >= 0.6 is 0 Å². The fraction of sp³-hybridized carbons (Fsp3) is 0.344. The van der Waals surface area contributed by atoms with Crippen molar-refractivity contribution >= 4 is 16.8 Å². The lowest BCUT2D eigenvalue weighted by molar-refractivity contribution is 0.0667. The Morgan fingerprint density at radius 2 is 1.64 bits per heavy atom. The summed E-state index contributed by atoms with van der Waals surface area (Å²) in [6.07, 6.45) is 4.48. The van der Waals surface area contributed by atoms with Gasteiger partial charge in [0.05, 0.1) is 22.6 Å². The van der Waals surface area contributed by atoms with E-state index in [0.717, 1.165) is 12.8 Å². The minimum absolute atomic E-state index is 0.127. The zero-order valence-corrected chi connectivity index (χ0v) is 23.2. The van der Waals surface area contributed by atoms with Crippen molar-refractivity contribution < 1.29 is 9.18 Å². The van der Waals surface area contributed by atoms with Gasteiger partial charge in [0.2, 0.25) is 0 Å². The molecule has 0 saturated carbocycles. The third-order valence-corrected chi connectivity index (χ3v) is 7.05. The number of aromatic nitrogens is 2. The molecular formula is C32H37FN4O2. The number of unbranched alkanes of at least 4 members (excludes halogenated alkanes) is 2. The molecule has 0 bridgehead atoms. The number of hydrogen-bond donors (Lipinski definition) is 0. The summed E-state index contributed by atoms with van der Waals surface area (Å²) in [5, 5.41) is 0.461. The third kappa shape index (κ3) is 6.60. The third-order valence-electron chi connectivity index (χ3n) is 7.05. The smallest absolute Gasteiger partial charge is 0.266 e. The number of likely N-dealkylation sites (N-methyl/N-ethyl adjacent to an activating group) is 1. The molecule has 4 aromatic rings. The molecule has 4 rings (SSSR count). The molecule has 0 N–H and O–H groups in total. The van der Waals surface area contributed by atoms with Crippen LogP contribution in [-0.4, -0.2) is 52.4 Å². The fourth-order valence-electron chi connectivity index (χ4n) is 4.75. The topological polar surface area (TPSA) is 58.4 Å². The molecule has 1 atom stereocenters. The molecule has 204 valence electrons. The van der Waals surface area contributed by atoms with Gasteiger partial charge in [0.15, 0.2) is 0 Å². The van der Waals surface area contributed by atoms with Gasteiger partial charge < -0.3 is 9.80 Å². The van der Waals surface area contributed by atoms with E-state index < -0.39 is 11.9 Å². The maximum absolute atomic E-state index is 13.9. The van der Waals surface area contributed by atoms with Gasteiger partial charge in [-0.1, -0.05) is 44.0 Å². The van der Waals surface area contributed by atoms with Gasteiger partial charge in [-0.3, -0.25) is 14.2 Å². The predicted octanol–water partition coefficient (Wildman–Crippen LogP) is 6.02. The first-order valence-corrected chi connectivity index (χ1v) is 13.6. The standard InChI is InChI=1S/C32H37FN4O2/c1-5-6-7-10-24-13-15-25(16-14-24)31(38)36(22-21-35(3)4)23(2)30-34-29-12-9-8-11-28(29)32(39)37(30)27-19-17-26(33)18-20-27/h8-9,11-20,23H,5-7,10,21-22H2,1-4H3. The van der Waals surface area contributed by atoms with Crippen molar-refractivity contribution in [2.24, 2.45) is 0 Å². The highest BCUT2D eigenvalue weighted by Gasteiger charge is 2.27. The lowest BCUT2D eigenvalue weighted by Gasteiger charge is -2.31. The van der Waals surface area contributed by atoms with E-state index in [1.165, 1.54) is 35.1 Å². The van der Waals surface area contributed by atoms with E-state index in [1.54, 1.807) is 35.2 Å². The predicted molar refractivity (Wildman–Crippen MR) is 155 cm³/mol. The van der Waals surface area contributed by atoms with Gasteiger partial charge >= 0.3 is 0 Å². The Hall–Kier alpha value is -3.84. The van der Waals surface area contributed by atoms with Gasteiger partial charge in [0, 0.05) is 18.7 Å². The minimum atomic E-state index is -0.538. The highest BCUT2D eigenvalue weighted by Crippen LogP contribution is 2.25. The molecule has 0 saturated heterocycles. The van der Waals surface area contributed by atoms with Crippen LogP contribution < -0.4 is 5.56 Å². The van der Waals surface area contributed by atoms with E-state index in [2.05, 4.69) is 6.92 Å². The Morgan fingerprint density at radius 3 is 2.31 bits per heavy atom. The summed E-state index contributed by atoms with van der Waals surface area (Å²) in [7, 11) is 3.92. The quantitative estimate of drug-likeness (QED) is 0.223. The Kier molecular flexibility index (Phi) is 9.25. The lowest BCUT2D eigenvalue weighted by atomic mass is 10.0. The number of amides is 1. The number of hydrogen-bond acceptors (Lipinski definition) is 4. The molecule has 6 nitrogen and oxygen atoms in total. The SMILES string of the molecule is CCCCCc1ccc(C(=O)N(CCN(C)C)C(C)c2nc3ccccc3c(=O)n2-c2ccc(F)cc2)cc1. The second-order valence-electron chi connectivity index (χ2n) is 10.2. The Balaban J connectivity index is 1.77. The zero-order chi connectivity index (χ0) is 27.9. The maximum Gasteiger partial charge on any atom is 0.266 e. The highest BCUT2D eigenvalue weighted by molar-refractivity contribution is 5.94. The average Bonchev–Trinajstić information content (AvgIpc) is 2.94. The molecule has 3 aromatic carbocycles. The van der Waals surface area contributed by atoms with Crippen LogP contribution in [0.1, 0.15) is 60.9 Å². The summed E-state index contributed by atoms with van der Waals surface area (Å²) in [6, 6.07) is 20.2. The maximum atomic E-state index is 13.9. The normalized spacial score (nSPS) is 12.2. The summed E-state index contributed by atoms with van der Waals surface area (Å²) in [6.45, 7) is 5.16. The number of halogens is 1. The number of carbonyl (C=O) groups is 1. The molecule has 1 heterocycles. The van der Waals surface area contributed by atoms with Crippen LogP contribution in [0.3, 0.4) is 0 Å². The molecule has 0 aliphatic carbocycles. The monoisotopic (exact) mass is 528 g/mol. The number of rotatable bonds is 11. The van der Waals surface area contributed by atoms with Crippen LogP contribution in [0.15, 0.2) is 77.6 Å². The Bertz CT molecular complexity index is 1460. The lowest BCUT2D eigenvalue weighted by Crippen LogP contribution is -2.41. The van der Waals surface area contributed by atoms with Crippen LogP contribution in [-0.2, 0) is 6.42 Å². The molecule has 1 aromatic heterocycles. The number of benzene rings is 3. The van der Waals surface area contributed by atoms with Crippen molar-refractivity contribution in [3.05, 3.63) is 106 Å². The van der Waals surface area contributed by atoms with Gasteiger partial charge in [-0.15, -0.1) is 0 Å². The molecule has 0 fully saturated rings. The van der Waals surface area contributed by atoms with Crippen molar-refractivity contribution in [1.82, 2.24) is 19.4 Å². The summed E-state index contributed by atoms with van der Waals surface area (Å²) < 4.78 is 15.3. The van der Waals surface area contributed by atoms with E-state index >= 15 is 0 Å². The van der Waals surface area contributed by atoms with Crippen LogP contribution in [0, 0.1) is 5.82 Å². The molecule has 0 spiro atoms. The number of aryl methyl sites for hydroxylation is 1. The fourth-order valence-corrected chi connectivity index (χ4v) is 4.75. The van der Waals surface area contributed by atoms with Gasteiger partial charge in [0.25, 0.3) is 11.5 Å². The first kappa shape index (κ1) is 28.2. The first-order chi connectivity index (χ1) is 18.8.